The molecule has 2 amide bonds. The van der Waals surface area contributed by atoms with Crippen molar-refractivity contribution in [2.75, 3.05) is 9.96 Å². The minimum absolute atomic E-state index is 0.252. The molecular weight excluding hydrogens is 412 g/mol. The van der Waals surface area contributed by atoms with E-state index in [1.54, 1.807) is 17.2 Å². The van der Waals surface area contributed by atoms with Crippen molar-refractivity contribution in [1.29, 1.82) is 0 Å². The normalized spacial score (nSPS) is 22.8. The molecule has 0 spiro atoms. The Morgan fingerprint density at radius 2 is 1.52 bits per heavy atom. The molecule has 2 aliphatic heterocycles. The summed E-state index contributed by atoms with van der Waals surface area (Å²) in [6.45, 7) is 2.06. The maximum atomic E-state index is 13.6. The zero-order chi connectivity index (χ0) is 21.5. The molecule has 5 nitrogen and oxygen atoms in total. The van der Waals surface area contributed by atoms with Crippen LogP contribution >= 0.6 is 11.6 Å². The third-order valence-electron chi connectivity index (χ3n) is 5.94. The third kappa shape index (κ3) is 3.30. The van der Waals surface area contributed by atoms with Crippen LogP contribution in [0, 0.1) is 5.92 Å². The molecule has 31 heavy (non-hydrogen) atoms. The SMILES string of the molecule is CCc1ccc(N2C(=O)[C@@H]3[C@@H](c4ccc(Cl)cc4)N(c4ccccc4)O[C@H]3C2=O)cc1. The van der Waals surface area contributed by atoms with E-state index in [2.05, 4.69) is 6.92 Å². The molecule has 3 aromatic carbocycles. The average molecular weight is 433 g/mol. The first-order valence-electron chi connectivity index (χ1n) is 10.3. The highest BCUT2D eigenvalue weighted by atomic mass is 35.5. The van der Waals surface area contributed by atoms with Crippen molar-refractivity contribution in [1.82, 2.24) is 0 Å². The predicted octanol–water partition coefficient (Wildman–Crippen LogP) is 4.95. The second-order valence-corrected chi connectivity index (χ2v) is 8.18. The number of hydroxylamine groups is 1. The van der Waals surface area contributed by atoms with Gasteiger partial charge in [-0.2, -0.15) is 0 Å². The van der Waals surface area contributed by atoms with Crippen LogP contribution in [0.3, 0.4) is 0 Å². The Hall–Kier alpha value is -3.15. The van der Waals surface area contributed by atoms with Crippen molar-refractivity contribution in [2.45, 2.75) is 25.5 Å². The quantitative estimate of drug-likeness (QED) is 0.547. The molecule has 2 fully saturated rings. The van der Waals surface area contributed by atoms with Gasteiger partial charge in [0.25, 0.3) is 5.91 Å². The molecule has 0 aliphatic carbocycles. The van der Waals surface area contributed by atoms with E-state index in [4.69, 9.17) is 16.4 Å². The Bertz CT molecular complexity index is 1120. The van der Waals surface area contributed by atoms with Crippen LogP contribution in [0.4, 0.5) is 11.4 Å². The summed E-state index contributed by atoms with van der Waals surface area (Å²) in [5.74, 6) is -1.24. The standard InChI is InChI=1S/C25H21ClN2O3/c1-2-16-8-14-19(15-9-16)27-24(29)21-22(17-10-12-18(26)13-11-17)28(31-23(21)25(27)30)20-6-4-3-5-7-20/h3-15,21-23H,2H2,1H3/t21-,22-,23-/m1/s1. The van der Waals surface area contributed by atoms with Gasteiger partial charge in [-0.05, 0) is 53.9 Å². The summed E-state index contributed by atoms with van der Waals surface area (Å²) in [5, 5.41) is 2.29. The van der Waals surface area contributed by atoms with Gasteiger partial charge in [0, 0.05) is 5.02 Å². The third-order valence-corrected chi connectivity index (χ3v) is 6.19. The molecule has 0 bridgehead atoms. The van der Waals surface area contributed by atoms with Crippen LogP contribution in [0.15, 0.2) is 78.9 Å². The minimum atomic E-state index is -0.876. The van der Waals surface area contributed by atoms with Crippen molar-refractivity contribution in [2.24, 2.45) is 5.92 Å². The lowest BCUT2D eigenvalue weighted by Crippen LogP contribution is -2.37. The van der Waals surface area contributed by atoms with Crippen molar-refractivity contribution in [3.05, 3.63) is 95.0 Å². The van der Waals surface area contributed by atoms with Crippen LogP contribution in [0.25, 0.3) is 0 Å². The van der Waals surface area contributed by atoms with Gasteiger partial charge < -0.3 is 0 Å². The number of hydrogen-bond donors (Lipinski definition) is 0. The summed E-state index contributed by atoms with van der Waals surface area (Å²) in [7, 11) is 0. The number of carbonyl (C=O) groups is 2. The molecule has 0 aromatic heterocycles. The Morgan fingerprint density at radius 3 is 2.16 bits per heavy atom. The summed E-state index contributed by atoms with van der Waals surface area (Å²) >= 11 is 6.09. The lowest BCUT2D eigenvalue weighted by atomic mass is 9.90. The minimum Gasteiger partial charge on any atom is -0.273 e. The van der Waals surface area contributed by atoms with Gasteiger partial charge in [-0.25, -0.2) is 9.96 Å². The highest BCUT2D eigenvalue weighted by Gasteiger charge is 2.60. The van der Waals surface area contributed by atoms with Crippen molar-refractivity contribution >= 4 is 34.8 Å². The Morgan fingerprint density at radius 1 is 0.839 bits per heavy atom. The molecule has 3 atom stereocenters. The molecule has 0 saturated carbocycles. The Kier molecular flexibility index (Phi) is 5.00. The second-order valence-electron chi connectivity index (χ2n) is 7.74. The summed E-state index contributed by atoms with van der Waals surface area (Å²) < 4.78 is 0. The molecule has 0 radical (unpaired) electrons. The Labute approximate surface area is 185 Å². The first-order valence-corrected chi connectivity index (χ1v) is 10.7. The summed E-state index contributed by atoms with van der Waals surface area (Å²) in [4.78, 5) is 34.2. The number of aryl methyl sites for hydroxylation is 1. The first kappa shape index (κ1) is 19.8. The van der Waals surface area contributed by atoms with E-state index in [0.29, 0.717) is 10.7 Å². The summed E-state index contributed by atoms with van der Waals surface area (Å²) in [6, 6.07) is 23.9. The van der Waals surface area contributed by atoms with Gasteiger partial charge in [-0.15, -0.1) is 0 Å². The van der Waals surface area contributed by atoms with E-state index < -0.39 is 18.1 Å². The van der Waals surface area contributed by atoms with Crippen LogP contribution in [0.2, 0.25) is 5.02 Å². The zero-order valence-corrected chi connectivity index (χ0v) is 17.7. The fourth-order valence-corrected chi connectivity index (χ4v) is 4.47. The van der Waals surface area contributed by atoms with Gasteiger partial charge in [0.1, 0.15) is 5.92 Å². The highest BCUT2D eigenvalue weighted by Crippen LogP contribution is 2.47. The van der Waals surface area contributed by atoms with Gasteiger partial charge in [0.15, 0.2) is 6.10 Å². The molecule has 3 aromatic rings. The maximum absolute atomic E-state index is 13.6. The number of amides is 2. The average Bonchev–Trinajstić information content (AvgIpc) is 3.31. The zero-order valence-electron chi connectivity index (χ0n) is 16.9. The molecular formula is C25H21ClN2O3. The number of halogens is 1. The van der Waals surface area contributed by atoms with E-state index >= 15 is 0 Å². The monoisotopic (exact) mass is 432 g/mol. The Balaban J connectivity index is 1.56. The van der Waals surface area contributed by atoms with Crippen LogP contribution in [0.5, 0.6) is 0 Å². The number of rotatable bonds is 4. The van der Waals surface area contributed by atoms with E-state index in [-0.39, 0.29) is 11.8 Å². The van der Waals surface area contributed by atoms with Crippen molar-refractivity contribution in [3.8, 4) is 0 Å². The predicted molar refractivity (Wildman–Crippen MR) is 120 cm³/mol. The molecule has 2 saturated heterocycles. The molecule has 0 unspecified atom stereocenters. The molecule has 2 aliphatic rings. The number of para-hydroxylation sites is 1. The van der Waals surface area contributed by atoms with Crippen molar-refractivity contribution < 1.29 is 14.4 Å². The van der Waals surface area contributed by atoms with Crippen molar-refractivity contribution in [3.63, 3.8) is 0 Å². The number of imide groups is 1. The molecule has 0 N–H and O–H groups in total. The van der Waals surface area contributed by atoms with Crippen LogP contribution in [-0.4, -0.2) is 17.9 Å². The number of nitrogens with zero attached hydrogens (tertiary/aromatic N) is 2. The van der Waals surface area contributed by atoms with Crippen LogP contribution in [-0.2, 0) is 20.8 Å². The number of anilines is 2. The second kappa shape index (κ2) is 7.84. The molecule has 2 heterocycles. The van der Waals surface area contributed by atoms with Gasteiger partial charge in [-0.3, -0.25) is 14.4 Å². The fraction of sp³-hybridized carbons (Fsp3) is 0.200. The summed E-state index contributed by atoms with van der Waals surface area (Å²) in [5.41, 5.74) is 3.38. The van der Waals surface area contributed by atoms with Gasteiger partial charge in [0.05, 0.1) is 17.4 Å². The number of benzene rings is 3. The first-order chi connectivity index (χ1) is 15.1. The highest BCUT2D eigenvalue weighted by molar-refractivity contribution is 6.30. The largest absolute Gasteiger partial charge is 0.273 e. The van der Waals surface area contributed by atoms with Crippen LogP contribution in [0.1, 0.15) is 24.1 Å². The molecule has 156 valence electrons. The van der Waals surface area contributed by atoms with E-state index in [0.717, 1.165) is 23.2 Å². The van der Waals surface area contributed by atoms with Gasteiger partial charge >= 0.3 is 0 Å². The smallest absolute Gasteiger partial charge is 0.266 e. The fourth-order valence-electron chi connectivity index (χ4n) is 4.35. The number of carbonyl (C=O) groups excluding carboxylic acids is 2. The lowest BCUT2D eigenvalue weighted by Gasteiger charge is -2.28. The van der Waals surface area contributed by atoms with E-state index in [1.807, 2.05) is 66.7 Å². The summed E-state index contributed by atoms with van der Waals surface area (Å²) in [6.07, 6.45) is 0.0144. The van der Waals surface area contributed by atoms with E-state index in [9.17, 15) is 9.59 Å². The van der Waals surface area contributed by atoms with Gasteiger partial charge in [-0.1, -0.05) is 61.0 Å². The maximum Gasteiger partial charge on any atom is 0.266 e. The molecule has 6 heteroatoms. The number of fused-ring (bicyclic) bond motifs is 1. The van der Waals surface area contributed by atoms with Gasteiger partial charge in [0.2, 0.25) is 5.91 Å². The van der Waals surface area contributed by atoms with E-state index in [1.165, 1.54) is 4.90 Å². The lowest BCUT2D eigenvalue weighted by molar-refractivity contribution is -0.126. The topological polar surface area (TPSA) is 49.9 Å². The molecule has 5 rings (SSSR count). The van der Waals surface area contributed by atoms with Crippen LogP contribution < -0.4 is 9.96 Å². The number of hydrogen-bond acceptors (Lipinski definition) is 4.